The Morgan fingerprint density at radius 3 is 2.47 bits per heavy atom. The predicted octanol–water partition coefficient (Wildman–Crippen LogP) is 5.02. The molecule has 0 unspecified atom stereocenters. The van der Waals surface area contributed by atoms with Crippen LogP contribution in [0.2, 0.25) is 0 Å². The Kier molecular flexibility index (Phi) is 12.7. The number of aryl methyl sites for hydroxylation is 1. The predicted molar refractivity (Wildman–Crippen MR) is 178 cm³/mol. The molecular weight excluding hydrogens is 596 g/mol. The summed E-state index contributed by atoms with van der Waals surface area (Å²) in [4.78, 5) is 33.6. The number of aliphatic imine (C=N–C) groups is 1. The van der Waals surface area contributed by atoms with Gasteiger partial charge in [0.05, 0.1) is 36.5 Å². The van der Waals surface area contributed by atoms with Gasteiger partial charge in [0.2, 0.25) is 5.96 Å². The molecule has 1 aromatic rings. The van der Waals surface area contributed by atoms with Crippen LogP contribution in [0.1, 0.15) is 157 Å². The molecule has 47 heavy (non-hydrogen) atoms. The highest BCUT2D eigenvalue weighted by Gasteiger charge is 2.47. The average Bonchev–Trinajstić information content (AvgIpc) is 3.65. The normalized spacial score (nSPS) is 26.9. The van der Waals surface area contributed by atoms with E-state index in [1.807, 2.05) is 6.92 Å². The van der Waals surface area contributed by atoms with Gasteiger partial charge in [-0.05, 0) is 65.2 Å². The monoisotopic (exact) mass is 654 g/mol. The maximum atomic E-state index is 13.2. The van der Waals surface area contributed by atoms with Gasteiger partial charge in [-0.15, -0.1) is 0 Å². The molecule has 0 aromatic carbocycles. The number of ether oxygens (including phenoxy) is 1. The van der Waals surface area contributed by atoms with Gasteiger partial charge in [0.1, 0.15) is 11.3 Å². The molecule has 2 fully saturated rings. The van der Waals surface area contributed by atoms with Gasteiger partial charge in [0, 0.05) is 31.4 Å². The number of carbonyl (C=O) groups excluding carboxylic acids is 2. The zero-order valence-electron chi connectivity index (χ0n) is 29.0. The fourth-order valence-corrected chi connectivity index (χ4v) is 8.85. The van der Waals surface area contributed by atoms with Crippen molar-refractivity contribution in [3.05, 3.63) is 17.0 Å². The quantitative estimate of drug-likeness (QED) is 0.116. The van der Waals surface area contributed by atoms with Crippen LogP contribution in [-0.2, 0) is 16.0 Å². The van der Waals surface area contributed by atoms with Crippen LogP contribution in [0.3, 0.4) is 0 Å². The topological polar surface area (TPSA) is 134 Å². The maximum Gasteiger partial charge on any atom is 0.392 e. The number of hydroxylamine groups is 2. The Labute approximate surface area is 281 Å². The highest BCUT2D eigenvalue weighted by molar-refractivity contribution is 5.91. The molecule has 6 heterocycles. The molecule has 2 N–H and O–H groups in total. The number of esters is 1. The molecule has 5 aliphatic rings. The lowest BCUT2D eigenvalue weighted by Gasteiger charge is -2.47. The first-order valence-electron chi connectivity index (χ1n) is 18.6. The molecule has 2 saturated heterocycles. The van der Waals surface area contributed by atoms with Gasteiger partial charge < -0.3 is 19.5 Å². The molecule has 6 rings (SSSR count). The van der Waals surface area contributed by atoms with E-state index in [1.165, 1.54) is 56.4 Å². The van der Waals surface area contributed by atoms with E-state index in [9.17, 15) is 10.0 Å². The van der Waals surface area contributed by atoms with Crippen molar-refractivity contribution in [2.45, 2.75) is 179 Å². The van der Waals surface area contributed by atoms with Gasteiger partial charge in [0.25, 0.3) is 0 Å². The number of carbonyl (C=O) groups is 2. The van der Waals surface area contributed by atoms with Gasteiger partial charge >= 0.3 is 11.9 Å². The number of hydrogen-bond donors (Lipinski definition) is 2. The lowest BCUT2D eigenvalue weighted by Crippen LogP contribution is -2.60. The molecular formula is C36H58N6O5. The SMILES string of the molecule is CCCCCCC[C@@H]1C[C@@H]2CCc3c(C(=O)OCCCCCCC[C@@H]4C[C@@H]5CC[C@H]6C[C@@H](C)N=C(N4O)N56)c(C)nc([n+]32)N1.O=C[O-]. The summed E-state index contributed by atoms with van der Waals surface area (Å²) in [6.45, 7) is 6.36. The van der Waals surface area contributed by atoms with E-state index in [0.717, 1.165) is 93.9 Å². The highest BCUT2D eigenvalue weighted by atomic mass is 16.5. The number of aromatic nitrogens is 2. The number of nitrogens with one attached hydrogen (secondary N) is 1. The number of unbranched alkanes of at least 4 members (excludes halogenated alkanes) is 8. The second-order valence-electron chi connectivity index (χ2n) is 14.5. The third-order valence-electron chi connectivity index (χ3n) is 11.1. The van der Waals surface area contributed by atoms with Crippen LogP contribution in [0.4, 0.5) is 5.95 Å². The van der Waals surface area contributed by atoms with Crippen LogP contribution in [0.15, 0.2) is 4.99 Å². The summed E-state index contributed by atoms with van der Waals surface area (Å²) in [5, 5.41) is 24.4. The number of hydrogen-bond acceptors (Lipinski definition) is 10. The van der Waals surface area contributed by atoms with E-state index in [2.05, 4.69) is 28.6 Å². The Balaban J connectivity index is 0.00000139. The molecule has 0 saturated carbocycles. The molecule has 0 radical (unpaired) electrons. The molecule has 6 atom stereocenters. The third kappa shape index (κ3) is 8.38. The lowest BCUT2D eigenvalue weighted by atomic mass is 9.96. The van der Waals surface area contributed by atoms with Crippen molar-refractivity contribution in [3.63, 3.8) is 0 Å². The van der Waals surface area contributed by atoms with Gasteiger partial charge in [0.15, 0.2) is 0 Å². The van der Waals surface area contributed by atoms with E-state index in [-0.39, 0.29) is 12.0 Å². The van der Waals surface area contributed by atoms with Gasteiger partial charge in [-0.2, -0.15) is 0 Å². The lowest BCUT2D eigenvalue weighted by molar-refractivity contribution is -0.710. The van der Waals surface area contributed by atoms with Gasteiger partial charge in [-0.3, -0.25) is 10.5 Å². The summed E-state index contributed by atoms with van der Waals surface area (Å²) in [5.74, 6) is 1.58. The Morgan fingerprint density at radius 1 is 1.02 bits per heavy atom. The summed E-state index contributed by atoms with van der Waals surface area (Å²) in [5.41, 5.74) is 2.60. The van der Waals surface area contributed by atoms with E-state index in [0.29, 0.717) is 42.4 Å². The summed E-state index contributed by atoms with van der Waals surface area (Å²) in [7, 11) is 0. The molecule has 5 aliphatic heterocycles. The van der Waals surface area contributed by atoms with Crippen LogP contribution in [-0.4, -0.2) is 75.4 Å². The number of nitrogens with zero attached hydrogens (tertiary/aromatic N) is 5. The number of rotatable bonds is 15. The minimum atomic E-state index is -0.500. The minimum Gasteiger partial charge on any atom is -0.554 e. The molecule has 0 amide bonds. The van der Waals surface area contributed by atoms with E-state index in [4.69, 9.17) is 24.6 Å². The van der Waals surface area contributed by atoms with E-state index >= 15 is 0 Å². The summed E-state index contributed by atoms with van der Waals surface area (Å²) >= 11 is 0. The Hall–Kier alpha value is -2.95. The molecule has 11 heteroatoms. The minimum absolute atomic E-state index is 0.180. The van der Waals surface area contributed by atoms with Crippen LogP contribution < -0.4 is 15.0 Å². The van der Waals surface area contributed by atoms with Crippen molar-refractivity contribution in [2.24, 2.45) is 4.99 Å². The molecule has 0 aliphatic carbocycles. The largest absolute Gasteiger partial charge is 0.554 e. The molecule has 1 aromatic heterocycles. The average molecular weight is 655 g/mol. The van der Waals surface area contributed by atoms with Crippen LogP contribution in [0, 0.1) is 6.92 Å². The Bertz CT molecular complexity index is 1240. The van der Waals surface area contributed by atoms with Gasteiger partial charge in [-0.25, -0.2) is 19.4 Å². The van der Waals surface area contributed by atoms with Crippen molar-refractivity contribution in [2.75, 3.05) is 11.9 Å². The fraction of sp³-hybridized carbons (Fsp3) is 0.806. The second kappa shape index (κ2) is 16.9. The number of carboxylic acid groups (broad SMARTS) is 1. The smallest absolute Gasteiger partial charge is 0.392 e. The van der Waals surface area contributed by atoms with Crippen LogP contribution in [0.5, 0.6) is 0 Å². The Morgan fingerprint density at radius 2 is 1.70 bits per heavy atom. The fourth-order valence-electron chi connectivity index (χ4n) is 8.85. The first-order valence-corrected chi connectivity index (χ1v) is 18.6. The van der Waals surface area contributed by atoms with Crippen molar-refractivity contribution >= 4 is 24.3 Å². The van der Waals surface area contributed by atoms with Crippen molar-refractivity contribution in [1.82, 2.24) is 14.9 Å². The summed E-state index contributed by atoms with van der Waals surface area (Å²) in [6, 6.07) is 2.53. The van der Waals surface area contributed by atoms with Crippen molar-refractivity contribution in [3.8, 4) is 0 Å². The maximum absolute atomic E-state index is 13.2. The molecule has 0 bridgehead atoms. The zero-order valence-corrected chi connectivity index (χ0v) is 29.0. The molecule has 262 valence electrons. The number of guanidine groups is 1. The van der Waals surface area contributed by atoms with Gasteiger partial charge in [-0.1, -0.05) is 69.7 Å². The first-order chi connectivity index (χ1) is 22.9. The number of anilines is 1. The third-order valence-corrected chi connectivity index (χ3v) is 11.1. The first kappa shape index (κ1) is 35.4. The standard InChI is InChI=1S/C35H56N6O3.CH2O2/c1-4-5-6-8-11-14-26-22-28-18-19-31-32(25(3)37-34(38-26)40(28)31)33(42)44-20-13-10-7-9-12-15-30-23-29-17-16-27-21-24(2)36-35(39(27)29)41(30)43;2-1-3/h24,26-30,43H,4-23H2,1-3H3;1H,(H,2,3)/t24-,26-,27+,28+,29+,30-;/m1./s1. The van der Waals surface area contributed by atoms with Crippen LogP contribution in [0.25, 0.3) is 0 Å². The summed E-state index contributed by atoms with van der Waals surface area (Å²) < 4.78 is 8.11. The van der Waals surface area contributed by atoms with E-state index < -0.39 is 6.47 Å². The highest BCUT2D eigenvalue weighted by Crippen LogP contribution is 2.39. The zero-order chi connectivity index (χ0) is 33.3. The second-order valence-corrected chi connectivity index (χ2v) is 14.5. The molecule has 11 nitrogen and oxygen atoms in total. The van der Waals surface area contributed by atoms with Crippen molar-refractivity contribution < 1.29 is 29.2 Å². The van der Waals surface area contributed by atoms with E-state index in [1.54, 1.807) is 0 Å². The van der Waals surface area contributed by atoms with Crippen LogP contribution >= 0.6 is 0 Å². The summed E-state index contributed by atoms with van der Waals surface area (Å²) in [6.07, 6.45) is 21.9. The van der Waals surface area contributed by atoms with Crippen molar-refractivity contribution in [1.29, 1.82) is 0 Å². The molecule has 0 spiro atoms.